The van der Waals surface area contributed by atoms with Crippen LogP contribution in [-0.2, 0) is 16.0 Å². The first-order valence-electron chi connectivity index (χ1n) is 5.57. The monoisotopic (exact) mass is 343 g/mol. The molecule has 1 aromatic carbocycles. The average molecular weight is 344 g/mol. The van der Waals surface area contributed by atoms with Crippen LogP contribution in [0, 0.1) is 5.82 Å². The van der Waals surface area contributed by atoms with Gasteiger partial charge in [-0.3, -0.25) is 4.79 Å². The Balaban J connectivity index is 2.12. The first-order chi connectivity index (χ1) is 9.10. The van der Waals surface area contributed by atoms with Gasteiger partial charge in [0.05, 0.1) is 23.7 Å². The lowest BCUT2D eigenvalue weighted by molar-refractivity contribution is -0.140. The fourth-order valence-corrected chi connectivity index (χ4v) is 2.61. The molecule has 100 valence electrons. The van der Waals surface area contributed by atoms with Crippen LogP contribution in [0.3, 0.4) is 0 Å². The number of esters is 1. The van der Waals surface area contributed by atoms with Crippen molar-refractivity contribution in [2.24, 2.45) is 0 Å². The maximum Gasteiger partial charge on any atom is 0.305 e. The van der Waals surface area contributed by atoms with E-state index in [1.165, 1.54) is 24.5 Å². The summed E-state index contributed by atoms with van der Waals surface area (Å²) in [4.78, 5) is 15.4. The number of aryl methyl sites for hydroxylation is 1. The van der Waals surface area contributed by atoms with Crippen molar-refractivity contribution in [2.45, 2.75) is 12.8 Å². The van der Waals surface area contributed by atoms with Crippen LogP contribution in [0.15, 0.2) is 28.1 Å². The van der Waals surface area contributed by atoms with Crippen LogP contribution >= 0.6 is 27.3 Å². The molecule has 0 aliphatic rings. The average Bonchev–Trinajstić information content (AvgIpc) is 2.88. The zero-order chi connectivity index (χ0) is 13.8. The summed E-state index contributed by atoms with van der Waals surface area (Å²) in [5, 5.41) is 2.62. The lowest BCUT2D eigenvalue weighted by atomic mass is 10.2. The topological polar surface area (TPSA) is 39.2 Å². The van der Waals surface area contributed by atoms with Gasteiger partial charge in [0.15, 0.2) is 0 Å². The van der Waals surface area contributed by atoms with Crippen LogP contribution in [0.2, 0.25) is 0 Å². The summed E-state index contributed by atoms with van der Waals surface area (Å²) in [6, 6.07) is 4.89. The number of ether oxygens (including phenoxy) is 1. The van der Waals surface area contributed by atoms with Crippen molar-refractivity contribution in [3.05, 3.63) is 39.6 Å². The third-order valence-corrected chi connectivity index (χ3v) is 4.11. The Bertz CT molecular complexity index is 600. The molecule has 6 heteroatoms. The molecule has 0 saturated heterocycles. The van der Waals surface area contributed by atoms with Gasteiger partial charge in [-0.15, -0.1) is 11.3 Å². The van der Waals surface area contributed by atoms with E-state index in [0.29, 0.717) is 17.3 Å². The maximum absolute atomic E-state index is 13.4. The highest BCUT2D eigenvalue weighted by molar-refractivity contribution is 9.10. The Hall–Kier alpha value is -1.27. The summed E-state index contributed by atoms with van der Waals surface area (Å²) >= 11 is 4.54. The summed E-state index contributed by atoms with van der Waals surface area (Å²) in [7, 11) is 1.36. The molecule has 1 heterocycles. The third kappa shape index (κ3) is 3.61. The number of hydrogen-bond donors (Lipinski definition) is 0. The SMILES string of the molecule is COC(=O)CCc1csc(-c2ccc(Br)c(F)c2)n1. The van der Waals surface area contributed by atoms with Crippen LogP contribution in [0.5, 0.6) is 0 Å². The molecular formula is C13H11BrFNO2S. The Labute approximate surface area is 122 Å². The van der Waals surface area contributed by atoms with Gasteiger partial charge in [-0.05, 0) is 28.1 Å². The molecule has 19 heavy (non-hydrogen) atoms. The van der Waals surface area contributed by atoms with E-state index in [0.717, 1.165) is 16.3 Å². The van der Waals surface area contributed by atoms with Crippen LogP contribution in [0.1, 0.15) is 12.1 Å². The Kier molecular flexibility index (Phi) is 4.66. The van der Waals surface area contributed by atoms with E-state index >= 15 is 0 Å². The van der Waals surface area contributed by atoms with Crippen molar-refractivity contribution in [2.75, 3.05) is 7.11 Å². The predicted molar refractivity (Wildman–Crippen MR) is 75.5 cm³/mol. The zero-order valence-corrected chi connectivity index (χ0v) is 12.6. The summed E-state index contributed by atoms with van der Waals surface area (Å²) in [5.74, 6) is -0.576. The van der Waals surface area contributed by atoms with Gasteiger partial charge in [-0.2, -0.15) is 0 Å². The number of carbonyl (C=O) groups is 1. The molecule has 0 saturated carbocycles. The molecule has 0 bridgehead atoms. The number of nitrogens with zero attached hydrogens (tertiary/aromatic N) is 1. The Morgan fingerprint density at radius 2 is 2.32 bits per heavy atom. The molecular weight excluding hydrogens is 333 g/mol. The molecule has 1 aromatic heterocycles. The molecule has 0 unspecified atom stereocenters. The minimum absolute atomic E-state index is 0.260. The molecule has 0 N–H and O–H groups in total. The van der Waals surface area contributed by atoms with Crippen molar-refractivity contribution in [3.8, 4) is 10.6 Å². The van der Waals surface area contributed by atoms with Gasteiger partial charge in [-0.1, -0.05) is 6.07 Å². The van der Waals surface area contributed by atoms with E-state index in [9.17, 15) is 9.18 Å². The number of benzene rings is 1. The smallest absolute Gasteiger partial charge is 0.305 e. The number of aromatic nitrogens is 1. The van der Waals surface area contributed by atoms with Gasteiger partial charge in [0.25, 0.3) is 0 Å². The van der Waals surface area contributed by atoms with Crippen LogP contribution in [0.4, 0.5) is 4.39 Å². The molecule has 0 aliphatic carbocycles. The van der Waals surface area contributed by atoms with Crippen LogP contribution in [0.25, 0.3) is 10.6 Å². The molecule has 0 spiro atoms. The van der Waals surface area contributed by atoms with E-state index in [1.54, 1.807) is 12.1 Å². The minimum Gasteiger partial charge on any atom is -0.469 e. The number of hydrogen-bond acceptors (Lipinski definition) is 4. The van der Waals surface area contributed by atoms with Crippen molar-refractivity contribution < 1.29 is 13.9 Å². The fraction of sp³-hybridized carbons (Fsp3) is 0.231. The highest BCUT2D eigenvalue weighted by atomic mass is 79.9. The zero-order valence-electron chi connectivity index (χ0n) is 10.2. The van der Waals surface area contributed by atoms with E-state index in [-0.39, 0.29) is 11.8 Å². The van der Waals surface area contributed by atoms with Crippen molar-refractivity contribution in [1.29, 1.82) is 0 Å². The minimum atomic E-state index is -0.316. The number of thiazole rings is 1. The van der Waals surface area contributed by atoms with E-state index < -0.39 is 0 Å². The number of rotatable bonds is 4. The molecule has 2 rings (SSSR count). The molecule has 0 amide bonds. The first-order valence-corrected chi connectivity index (χ1v) is 7.24. The number of halogens is 2. The molecule has 0 atom stereocenters. The van der Waals surface area contributed by atoms with Crippen LogP contribution < -0.4 is 0 Å². The van der Waals surface area contributed by atoms with E-state index in [1.807, 2.05) is 5.38 Å². The molecule has 3 nitrogen and oxygen atoms in total. The summed E-state index contributed by atoms with van der Waals surface area (Å²) in [6.07, 6.45) is 0.830. The summed E-state index contributed by atoms with van der Waals surface area (Å²) in [6.45, 7) is 0. The molecule has 0 aliphatic heterocycles. The number of carbonyl (C=O) groups excluding carboxylic acids is 1. The van der Waals surface area contributed by atoms with Crippen molar-refractivity contribution in [3.63, 3.8) is 0 Å². The quantitative estimate of drug-likeness (QED) is 0.792. The van der Waals surface area contributed by atoms with Gasteiger partial charge in [-0.25, -0.2) is 9.37 Å². The van der Waals surface area contributed by atoms with Crippen molar-refractivity contribution in [1.82, 2.24) is 4.98 Å². The van der Waals surface area contributed by atoms with Gasteiger partial charge >= 0.3 is 5.97 Å². The lowest BCUT2D eigenvalue weighted by Crippen LogP contribution is -2.01. The third-order valence-electron chi connectivity index (χ3n) is 2.53. The maximum atomic E-state index is 13.4. The fourth-order valence-electron chi connectivity index (χ4n) is 1.52. The second kappa shape index (κ2) is 6.25. The van der Waals surface area contributed by atoms with Gasteiger partial charge in [0.2, 0.25) is 0 Å². The van der Waals surface area contributed by atoms with Gasteiger partial charge < -0.3 is 4.74 Å². The van der Waals surface area contributed by atoms with E-state index in [2.05, 4.69) is 25.7 Å². The molecule has 2 aromatic rings. The predicted octanol–water partition coefficient (Wildman–Crippen LogP) is 3.82. The second-order valence-corrected chi connectivity index (χ2v) is 5.56. The standard InChI is InChI=1S/C13H11BrFNO2S/c1-18-12(17)5-3-9-7-19-13(16-9)8-2-4-10(14)11(15)6-8/h2,4,6-7H,3,5H2,1H3. The Morgan fingerprint density at radius 1 is 1.53 bits per heavy atom. The normalized spacial score (nSPS) is 10.5. The highest BCUT2D eigenvalue weighted by Crippen LogP contribution is 2.27. The van der Waals surface area contributed by atoms with Gasteiger partial charge in [0.1, 0.15) is 10.8 Å². The number of methoxy groups -OCH3 is 1. The molecule has 0 radical (unpaired) electrons. The Morgan fingerprint density at radius 3 is 3.00 bits per heavy atom. The van der Waals surface area contributed by atoms with Gasteiger partial charge in [0, 0.05) is 17.4 Å². The summed E-state index contributed by atoms with van der Waals surface area (Å²) in [5.41, 5.74) is 1.55. The van der Waals surface area contributed by atoms with Crippen molar-refractivity contribution >= 4 is 33.2 Å². The highest BCUT2D eigenvalue weighted by Gasteiger charge is 2.09. The second-order valence-electron chi connectivity index (χ2n) is 3.85. The molecule has 0 fully saturated rings. The summed E-state index contributed by atoms with van der Waals surface area (Å²) < 4.78 is 18.4. The van der Waals surface area contributed by atoms with Crippen LogP contribution in [-0.4, -0.2) is 18.1 Å². The largest absolute Gasteiger partial charge is 0.469 e. The lowest BCUT2D eigenvalue weighted by Gasteiger charge is -1.99. The van der Waals surface area contributed by atoms with E-state index in [4.69, 9.17) is 0 Å². The first kappa shape index (κ1) is 14.1.